The van der Waals surface area contributed by atoms with Gasteiger partial charge in [0, 0.05) is 16.9 Å². The summed E-state index contributed by atoms with van der Waals surface area (Å²) in [7, 11) is 0. The van der Waals surface area contributed by atoms with E-state index in [1.165, 1.54) is 12.1 Å². The fourth-order valence-corrected chi connectivity index (χ4v) is 2.20. The monoisotopic (exact) mass is 483 g/mol. The zero-order chi connectivity index (χ0) is 22.2. The maximum absolute atomic E-state index is 12.3. The van der Waals surface area contributed by atoms with Crippen LogP contribution in [0.5, 0.6) is 0 Å². The summed E-state index contributed by atoms with van der Waals surface area (Å²) in [6.07, 6.45) is -4.38. The molecule has 0 fully saturated rings. The Morgan fingerprint density at radius 2 is 1.52 bits per heavy atom. The first-order chi connectivity index (χ1) is 13.4. The Labute approximate surface area is 171 Å². The van der Waals surface area contributed by atoms with Crippen LogP contribution in [-0.4, -0.2) is 20.9 Å². The van der Waals surface area contributed by atoms with Gasteiger partial charge in [0.15, 0.2) is 0 Å². The molecule has 29 heavy (non-hydrogen) atoms. The molecule has 0 atom stereocenters. The summed E-state index contributed by atoms with van der Waals surface area (Å²) in [5.74, 6) is 0. The molecule has 11 heteroatoms. The van der Waals surface area contributed by atoms with Gasteiger partial charge in [0.2, 0.25) is 0 Å². The van der Waals surface area contributed by atoms with Gasteiger partial charge in [-0.1, -0.05) is 18.1 Å². The average Bonchev–Trinajstić information content (AvgIpc) is 2.62. The van der Waals surface area contributed by atoms with Crippen molar-refractivity contribution in [3.05, 3.63) is 63.7 Å². The number of nitrogens with zero attached hydrogens (tertiary/aromatic N) is 3. The van der Waals surface area contributed by atoms with E-state index >= 15 is 0 Å². The number of hydrogen-bond acceptors (Lipinski definition) is 4. The molecule has 0 bridgehead atoms. The molecule has 0 aliphatic heterocycles. The minimum atomic E-state index is -4.43. The Bertz CT molecular complexity index is 844. The van der Waals surface area contributed by atoms with Crippen LogP contribution in [0.25, 0.3) is 6.08 Å². The molecular weight excluding hydrogens is 468 g/mol. The summed E-state index contributed by atoms with van der Waals surface area (Å²) in [6.45, 7) is 3.54. The van der Waals surface area contributed by atoms with Crippen LogP contribution in [0, 0.1) is 0 Å². The molecule has 0 saturated heterocycles. The Balaban J connectivity index is 0.000000326. The molecular formula is C18H16BrF6N3O. The van der Waals surface area contributed by atoms with E-state index in [0.717, 1.165) is 24.5 Å². The van der Waals surface area contributed by atoms with Crippen LogP contribution < -0.4 is 0 Å². The van der Waals surface area contributed by atoms with E-state index in [0.29, 0.717) is 27.7 Å². The van der Waals surface area contributed by atoms with Gasteiger partial charge >= 0.3 is 12.4 Å². The Morgan fingerprint density at radius 3 is 1.86 bits per heavy atom. The third-order valence-corrected chi connectivity index (χ3v) is 3.86. The highest BCUT2D eigenvalue weighted by molar-refractivity contribution is 9.10. The van der Waals surface area contributed by atoms with Gasteiger partial charge in [0.1, 0.15) is 11.4 Å². The van der Waals surface area contributed by atoms with E-state index in [-0.39, 0.29) is 0 Å². The lowest BCUT2D eigenvalue weighted by Crippen LogP contribution is -2.07. The topological polar surface area (TPSA) is 58.4 Å². The maximum atomic E-state index is 12.3. The Hall–Kier alpha value is -2.43. The molecule has 2 heterocycles. The summed E-state index contributed by atoms with van der Waals surface area (Å²) in [5, 5.41) is 11.8. The van der Waals surface area contributed by atoms with Gasteiger partial charge in [-0.3, -0.25) is 9.97 Å². The lowest BCUT2D eigenvalue weighted by Gasteiger charge is -2.05. The highest BCUT2D eigenvalue weighted by atomic mass is 79.9. The quantitative estimate of drug-likeness (QED) is 0.231. The van der Waals surface area contributed by atoms with Gasteiger partial charge < -0.3 is 5.21 Å². The van der Waals surface area contributed by atoms with Crippen molar-refractivity contribution in [3.63, 3.8) is 0 Å². The van der Waals surface area contributed by atoms with Crippen molar-refractivity contribution in [3.8, 4) is 0 Å². The number of oxime groups is 1. The molecule has 1 N–H and O–H groups in total. The zero-order valence-electron chi connectivity index (χ0n) is 15.2. The normalized spacial score (nSPS) is 13.0. The fraction of sp³-hybridized carbons (Fsp3) is 0.278. The molecule has 0 unspecified atom stereocenters. The fourth-order valence-electron chi connectivity index (χ4n) is 1.96. The lowest BCUT2D eigenvalue weighted by atomic mass is 10.1. The molecule has 4 nitrogen and oxygen atoms in total. The third kappa shape index (κ3) is 8.22. The molecule has 0 saturated carbocycles. The molecule has 0 amide bonds. The predicted molar refractivity (Wildman–Crippen MR) is 99.3 cm³/mol. The van der Waals surface area contributed by atoms with Crippen molar-refractivity contribution >= 4 is 27.7 Å². The maximum Gasteiger partial charge on any atom is 0.433 e. The van der Waals surface area contributed by atoms with E-state index in [2.05, 4.69) is 31.1 Å². The third-order valence-electron chi connectivity index (χ3n) is 3.39. The highest BCUT2D eigenvalue weighted by Gasteiger charge is 2.32. The van der Waals surface area contributed by atoms with Crippen LogP contribution in [0.15, 0.2) is 51.9 Å². The highest BCUT2D eigenvalue weighted by Crippen LogP contribution is 2.28. The second kappa shape index (κ2) is 10.4. The summed E-state index contributed by atoms with van der Waals surface area (Å²) in [6, 6.07) is 4.46. The van der Waals surface area contributed by atoms with E-state index in [9.17, 15) is 26.3 Å². The molecule has 0 aromatic carbocycles. The van der Waals surface area contributed by atoms with Crippen molar-refractivity contribution in [2.75, 3.05) is 0 Å². The smallest absolute Gasteiger partial charge is 0.411 e. The van der Waals surface area contributed by atoms with Crippen LogP contribution in [-0.2, 0) is 12.4 Å². The first kappa shape index (κ1) is 24.6. The number of alkyl halides is 6. The first-order valence-electron chi connectivity index (χ1n) is 8.00. The van der Waals surface area contributed by atoms with Crippen LogP contribution in [0.4, 0.5) is 26.3 Å². The summed E-state index contributed by atoms with van der Waals surface area (Å²) >= 11 is 2.98. The van der Waals surface area contributed by atoms with Gasteiger partial charge in [-0.05, 0) is 64.7 Å². The zero-order valence-corrected chi connectivity index (χ0v) is 16.8. The van der Waals surface area contributed by atoms with Crippen LogP contribution >= 0.6 is 15.9 Å². The van der Waals surface area contributed by atoms with Gasteiger partial charge in [-0.2, -0.15) is 26.3 Å². The van der Waals surface area contributed by atoms with E-state index in [1.807, 2.05) is 6.92 Å². The average molecular weight is 484 g/mol. The van der Waals surface area contributed by atoms with Gasteiger partial charge in [-0.15, -0.1) is 0 Å². The SMILES string of the molecule is CCC(=N/O)/C(C)=C/c1ccc(C(F)(F)F)nc1.FC(F)(F)c1ccc(Br)cn1. The van der Waals surface area contributed by atoms with E-state index in [4.69, 9.17) is 5.21 Å². The molecule has 0 aliphatic carbocycles. The van der Waals surface area contributed by atoms with Gasteiger partial charge in [-0.25, -0.2) is 0 Å². The van der Waals surface area contributed by atoms with Gasteiger partial charge in [0.05, 0.1) is 5.71 Å². The molecule has 158 valence electrons. The Kier molecular flexibility index (Phi) is 8.80. The minimum Gasteiger partial charge on any atom is -0.411 e. The molecule has 0 spiro atoms. The molecule has 2 aromatic rings. The summed E-state index contributed by atoms with van der Waals surface area (Å²) in [4.78, 5) is 6.52. The number of aromatic nitrogens is 2. The number of hydrogen-bond donors (Lipinski definition) is 1. The van der Waals surface area contributed by atoms with Crippen molar-refractivity contribution in [2.45, 2.75) is 32.6 Å². The standard InChI is InChI=1S/C12H13F3N2O.C6H3BrF3N/c1-3-10(17-18)8(2)6-9-4-5-11(16-7-9)12(13,14)15;7-4-1-2-5(11-3-4)6(8,9)10/h4-7,18H,3H2,1-2H3;1-3H/b8-6+,17-10-;. The molecule has 0 radical (unpaired) electrons. The molecule has 2 aromatic heterocycles. The number of allylic oxidation sites excluding steroid dienone is 1. The van der Waals surface area contributed by atoms with E-state index < -0.39 is 23.7 Å². The number of rotatable bonds is 3. The van der Waals surface area contributed by atoms with Crippen LogP contribution in [0.3, 0.4) is 0 Å². The lowest BCUT2D eigenvalue weighted by molar-refractivity contribution is -0.142. The van der Waals surface area contributed by atoms with Crippen molar-refractivity contribution in [1.29, 1.82) is 0 Å². The van der Waals surface area contributed by atoms with Crippen molar-refractivity contribution < 1.29 is 31.5 Å². The summed E-state index contributed by atoms with van der Waals surface area (Å²) < 4.78 is 72.9. The predicted octanol–water partition coefficient (Wildman–Crippen LogP) is 6.61. The van der Waals surface area contributed by atoms with E-state index in [1.54, 1.807) is 13.0 Å². The van der Waals surface area contributed by atoms with Gasteiger partial charge in [0.25, 0.3) is 0 Å². The van der Waals surface area contributed by atoms with Crippen LogP contribution in [0.1, 0.15) is 37.2 Å². The summed E-state index contributed by atoms with van der Waals surface area (Å²) in [5.41, 5.74) is -0.115. The number of halogens is 7. The van der Waals surface area contributed by atoms with Crippen molar-refractivity contribution in [1.82, 2.24) is 9.97 Å². The second-order valence-electron chi connectivity index (χ2n) is 5.56. The molecule has 0 aliphatic rings. The second-order valence-corrected chi connectivity index (χ2v) is 6.48. The first-order valence-corrected chi connectivity index (χ1v) is 8.79. The minimum absolute atomic E-state index is 0.481. The number of pyridine rings is 2. The van der Waals surface area contributed by atoms with Crippen molar-refractivity contribution in [2.24, 2.45) is 5.16 Å². The Morgan fingerprint density at radius 1 is 1.00 bits per heavy atom. The largest absolute Gasteiger partial charge is 0.433 e. The van der Waals surface area contributed by atoms with Crippen LogP contribution in [0.2, 0.25) is 0 Å². The molecule has 2 rings (SSSR count).